The smallest absolute Gasteiger partial charge is 0.335 e. The minimum Gasteiger partial charge on any atom is -0.492 e. The third-order valence-electron chi connectivity index (χ3n) is 3.05. The predicted octanol–water partition coefficient (Wildman–Crippen LogP) is 3.57. The Kier molecular flexibility index (Phi) is 5.78. The zero-order chi connectivity index (χ0) is 16.1. The molecule has 0 bridgehead atoms. The quantitative estimate of drug-likeness (QED) is 0.755. The van der Waals surface area contributed by atoms with Gasteiger partial charge in [-0.05, 0) is 49.9 Å². The topological polar surface area (TPSA) is 58.6 Å². The van der Waals surface area contributed by atoms with Crippen molar-refractivity contribution in [2.24, 2.45) is 5.41 Å². The van der Waals surface area contributed by atoms with Crippen molar-refractivity contribution in [1.82, 2.24) is 5.32 Å². The van der Waals surface area contributed by atoms with Crippen LogP contribution in [-0.4, -0.2) is 29.8 Å². The summed E-state index contributed by atoms with van der Waals surface area (Å²) in [5.41, 5.74) is 0.616. The van der Waals surface area contributed by atoms with Crippen molar-refractivity contribution in [3.05, 3.63) is 29.8 Å². The Morgan fingerprint density at radius 1 is 1.14 bits per heavy atom. The molecule has 0 unspecified atom stereocenters. The molecule has 1 aromatic carbocycles. The summed E-state index contributed by atoms with van der Waals surface area (Å²) in [5.74, 6) is -0.234. The molecule has 0 aliphatic rings. The van der Waals surface area contributed by atoms with E-state index in [1.165, 1.54) is 0 Å². The third kappa shape index (κ3) is 7.14. The number of ether oxygens (including phenoxy) is 1. The van der Waals surface area contributed by atoms with E-state index in [0.29, 0.717) is 12.4 Å². The van der Waals surface area contributed by atoms with Gasteiger partial charge >= 0.3 is 5.97 Å². The van der Waals surface area contributed by atoms with Gasteiger partial charge in [-0.2, -0.15) is 0 Å². The molecular weight excluding hydrogens is 266 g/mol. The van der Waals surface area contributed by atoms with E-state index in [4.69, 9.17) is 9.84 Å². The molecule has 2 N–H and O–H groups in total. The van der Waals surface area contributed by atoms with E-state index in [1.54, 1.807) is 24.3 Å². The van der Waals surface area contributed by atoms with Gasteiger partial charge in [-0.1, -0.05) is 20.8 Å². The van der Waals surface area contributed by atoms with E-state index in [-0.39, 0.29) is 16.5 Å². The molecular formula is C17H27NO3. The minimum atomic E-state index is -0.924. The highest BCUT2D eigenvalue weighted by Crippen LogP contribution is 2.26. The largest absolute Gasteiger partial charge is 0.492 e. The van der Waals surface area contributed by atoms with Crippen molar-refractivity contribution >= 4 is 5.97 Å². The van der Waals surface area contributed by atoms with Crippen molar-refractivity contribution in [2.45, 2.75) is 46.6 Å². The van der Waals surface area contributed by atoms with Gasteiger partial charge in [0.1, 0.15) is 12.4 Å². The number of nitrogens with one attached hydrogen (secondary N) is 1. The van der Waals surface area contributed by atoms with Crippen molar-refractivity contribution in [3.8, 4) is 5.75 Å². The highest BCUT2D eigenvalue weighted by Gasteiger charge is 2.24. The molecule has 21 heavy (non-hydrogen) atoms. The zero-order valence-corrected chi connectivity index (χ0v) is 13.7. The van der Waals surface area contributed by atoms with Crippen LogP contribution in [0, 0.1) is 5.41 Å². The van der Waals surface area contributed by atoms with Crippen LogP contribution in [0.15, 0.2) is 24.3 Å². The van der Waals surface area contributed by atoms with E-state index < -0.39 is 5.97 Å². The van der Waals surface area contributed by atoms with Crippen LogP contribution in [0.3, 0.4) is 0 Å². The lowest BCUT2D eigenvalue weighted by Gasteiger charge is -2.33. The van der Waals surface area contributed by atoms with Gasteiger partial charge in [0, 0.05) is 12.1 Å². The number of rotatable bonds is 7. The van der Waals surface area contributed by atoms with Crippen LogP contribution in [-0.2, 0) is 0 Å². The fraction of sp³-hybridized carbons (Fsp3) is 0.588. The summed E-state index contributed by atoms with van der Waals surface area (Å²) in [6.45, 7) is 12.4. The summed E-state index contributed by atoms with van der Waals surface area (Å²) in [5, 5.41) is 12.3. The first-order chi connectivity index (χ1) is 9.59. The number of carboxylic acids is 1. The Labute approximate surface area is 127 Å². The molecule has 0 saturated heterocycles. The minimum absolute atomic E-state index is 0.0643. The van der Waals surface area contributed by atoms with Crippen LogP contribution in [0.25, 0.3) is 0 Å². The Morgan fingerprint density at radius 2 is 1.71 bits per heavy atom. The van der Waals surface area contributed by atoms with E-state index in [9.17, 15) is 4.79 Å². The summed E-state index contributed by atoms with van der Waals surface area (Å²) in [7, 11) is 0. The Hall–Kier alpha value is -1.55. The second kappa shape index (κ2) is 6.94. The van der Waals surface area contributed by atoms with Crippen LogP contribution >= 0.6 is 0 Å². The van der Waals surface area contributed by atoms with Gasteiger partial charge in [0.15, 0.2) is 0 Å². The lowest BCUT2D eigenvalue weighted by Crippen LogP contribution is -2.44. The molecule has 0 saturated carbocycles. The molecule has 0 aromatic heterocycles. The fourth-order valence-corrected chi connectivity index (χ4v) is 2.64. The Morgan fingerprint density at radius 3 is 2.19 bits per heavy atom. The summed E-state index contributed by atoms with van der Waals surface area (Å²) < 4.78 is 5.61. The molecule has 4 heteroatoms. The zero-order valence-electron chi connectivity index (χ0n) is 13.7. The number of carboxylic acid groups (broad SMARTS) is 1. The maximum atomic E-state index is 10.7. The molecule has 0 aliphatic heterocycles. The molecule has 0 amide bonds. The second-order valence-corrected chi connectivity index (χ2v) is 7.23. The standard InChI is InChI=1S/C17H27NO3/c1-16(2,3)12-17(4,5)18-10-11-21-14-8-6-13(7-9-14)15(19)20/h6-9,18H,10-12H2,1-5H3,(H,19,20). The maximum Gasteiger partial charge on any atom is 0.335 e. The molecule has 1 aromatic rings. The van der Waals surface area contributed by atoms with E-state index in [0.717, 1.165) is 13.0 Å². The van der Waals surface area contributed by atoms with Crippen LogP contribution in [0.5, 0.6) is 5.75 Å². The Balaban J connectivity index is 2.35. The van der Waals surface area contributed by atoms with Gasteiger partial charge in [0.05, 0.1) is 5.56 Å². The van der Waals surface area contributed by atoms with Crippen LogP contribution in [0.1, 0.15) is 51.4 Å². The van der Waals surface area contributed by atoms with Gasteiger partial charge in [-0.15, -0.1) is 0 Å². The summed E-state index contributed by atoms with van der Waals surface area (Å²) in [4.78, 5) is 10.7. The van der Waals surface area contributed by atoms with Gasteiger partial charge in [-0.3, -0.25) is 0 Å². The first-order valence-corrected chi connectivity index (χ1v) is 7.30. The SMILES string of the molecule is CC(C)(C)CC(C)(C)NCCOc1ccc(C(=O)O)cc1. The van der Waals surface area contributed by atoms with Crippen molar-refractivity contribution in [2.75, 3.05) is 13.2 Å². The molecule has 0 aliphatic carbocycles. The van der Waals surface area contributed by atoms with E-state index >= 15 is 0 Å². The number of hydrogen-bond donors (Lipinski definition) is 2. The molecule has 0 atom stereocenters. The molecule has 4 nitrogen and oxygen atoms in total. The van der Waals surface area contributed by atoms with Gasteiger partial charge in [-0.25, -0.2) is 4.79 Å². The number of hydrogen-bond acceptors (Lipinski definition) is 3. The van der Waals surface area contributed by atoms with Crippen molar-refractivity contribution in [1.29, 1.82) is 0 Å². The highest BCUT2D eigenvalue weighted by molar-refractivity contribution is 5.87. The number of carbonyl (C=O) groups is 1. The normalized spacial score (nSPS) is 12.2. The van der Waals surface area contributed by atoms with Crippen LogP contribution in [0.4, 0.5) is 0 Å². The van der Waals surface area contributed by atoms with Gasteiger partial charge < -0.3 is 15.2 Å². The Bertz CT molecular complexity index is 458. The maximum absolute atomic E-state index is 10.7. The summed E-state index contributed by atoms with van der Waals surface area (Å²) in [6, 6.07) is 6.47. The van der Waals surface area contributed by atoms with Crippen molar-refractivity contribution < 1.29 is 14.6 Å². The summed E-state index contributed by atoms with van der Waals surface area (Å²) in [6.07, 6.45) is 1.08. The highest BCUT2D eigenvalue weighted by atomic mass is 16.5. The van der Waals surface area contributed by atoms with Gasteiger partial charge in [0.25, 0.3) is 0 Å². The molecule has 0 spiro atoms. The fourth-order valence-electron chi connectivity index (χ4n) is 2.64. The van der Waals surface area contributed by atoms with Crippen LogP contribution in [0.2, 0.25) is 0 Å². The summed E-state index contributed by atoms with van der Waals surface area (Å²) >= 11 is 0. The monoisotopic (exact) mass is 293 g/mol. The molecule has 0 fully saturated rings. The molecule has 118 valence electrons. The van der Waals surface area contributed by atoms with Crippen molar-refractivity contribution in [3.63, 3.8) is 0 Å². The lowest BCUT2D eigenvalue weighted by molar-refractivity contribution is 0.0697. The third-order valence-corrected chi connectivity index (χ3v) is 3.05. The average Bonchev–Trinajstić information content (AvgIpc) is 2.32. The van der Waals surface area contributed by atoms with Crippen LogP contribution < -0.4 is 10.1 Å². The predicted molar refractivity (Wildman–Crippen MR) is 85.1 cm³/mol. The first kappa shape index (κ1) is 17.5. The lowest BCUT2D eigenvalue weighted by atomic mass is 9.82. The first-order valence-electron chi connectivity index (χ1n) is 7.30. The molecule has 0 radical (unpaired) electrons. The van der Waals surface area contributed by atoms with Gasteiger partial charge in [0.2, 0.25) is 0 Å². The molecule has 0 heterocycles. The molecule has 1 rings (SSSR count). The van der Waals surface area contributed by atoms with E-state index in [1.807, 2.05) is 0 Å². The number of aromatic carboxylic acids is 1. The number of benzene rings is 1. The second-order valence-electron chi connectivity index (χ2n) is 7.23. The average molecular weight is 293 g/mol. The van der Waals surface area contributed by atoms with E-state index in [2.05, 4.69) is 39.9 Å².